The molecule has 2 rings (SSSR count). The van der Waals surface area contributed by atoms with Crippen LogP contribution in [0.2, 0.25) is 0 Å². The van der Waals surface area contributed by atoms with Gasteiger partial charge in [0.25, 0.3) is 5.91 Å². The molecule has 23 heavy (non-hydrogen) atoms. The highest BCUT2D eigenvalue weighted by Gasteiger charge is 2.30. The Morgan fingerprint density at radius 2 is 1.52 bits per heavy atom. The lowest BCUT2D eigenvalue weighted by Gasteiger charge is -2.16. The zero-order valence-corrected chi connectivity index (χ0v) is 12.7. The molecule has 5 nitrogen and oxygen atoms in total. The second-order valence-corrected chi connectivity index (χ2v) is 4.92. The van der Waals surface area contributed by atoms with Gasteiger partial charge in [-0.3, -0.25) is 14.4 Å². The number of carbonyl (C=O) groups is 3. The van der Waals surface area contributed by atoms with Crippen LogP contribution in [-0.4, -0.2) is 23.8 Å². The van der Waals surface area contributed by atoms with E-state index in [1.165, 1.54) is 0 Å². The molecule has 1 N–H and O–H groups in total. The third kappa shape index (κ3) is 4.78. The third-order valence-corrected chi connectivity index (χ3v) is 3.13. The molecule has 0 aliphatic carbocycles. The molecular weight excluding hydrogens is 294 g/mol. The Bertz CT molecular complexity index is 683. The van der Waals surface area contributed by atoms with E-state index < -0.39 is 23.8 Å². The van der Waals surface area contributed by atoms with E-state index in [0.29, 0.717) is 5.56 Å². The maximum absolute atomic E-state index is 12.4. The number of benzene rings is 2. The molecule has 1 atom stereocenters. The van der Waals surface area contributed by atoms with Crippen molar-refractivity contribution in [1.82, 2.24) is 5.32 Å². The molecule has 0 aromatic heterocycles. The fraction of sp³-hybridized carbons (Fsp3) is 0.167. The van der Waals surface area contributed by atoms with Gasteiger partial charge >= 0.3 is 5.97 Å². The van der Waals surface area contributed by atoms with Crippen molar-refractivity contribution in [2.45, 2.75) is 19.6 Å². The molecule has 0 saturated heterocycles. The van der Waals surface area contributed by atoms with Crippen molar-refractivity contribution in [2.24, 2.45) is 0 Å². The number of hydrogen-bond donors (Lipinski definition) is 1. The summed E-state index contributed by atoms with van der Waals surface area (Å²) in [7, 11) is 0. The molecule has 5 heteroatoms. The Labute approximate surface area is 134 Å². The molecule has 0 fully saturated rings. The minimum atomic E-state index is -1.49. The van der Waals surface area contributed by atoms with Crippen molar-refractivity contribution < 1.29 is 19.1 Å². The quantitative estimate of drug-likeness (QED) is 0.504. The molecule has 0 saturated carbocycles. The van der Waals surface area contributed by atoms with E-state index in [-0.39, 0.29) is 6.54 Å². The number of rotatable bonds is 6. The first kappa shape index (κ1) is 16.4. The Morgan fingerprint density at radius 1 is 0.957 bits per heavy atom. The fourth-order valence-corrected chi connectivity index (χ4v) is 2.02. The largest absolute Gasteiger partial charge is 0.444 e. The molecule has 0 heterocycles. The molecule has 118 valence electrons. The highest BCUT2D eigenvalue weighted by molar-refractivity contribution is 6.13. The first-order chi connectivity index (χ1) is 11.1. The lowest BCUT2D eigenvalue weighted by Crippen LogP contribution is -2.42. The van der Waals surface area contributed by atoms with Crippen LogP contribution in [0.3, 0.4) is 0 Å². The van der Waals surface area contributed by atoms with Gasteiger partial charge in [0.2, 0.25) is 11.9 Å². The standard InChI is InChI=1S/C18H17NO4/c1-13(20)23-17(16(21)15-10-6-3-7-11-15)18(22)19-12-14-8-4-2-5-9-14/h2-11,17H,12H2,1H3,(H,19,22). The number of esters is 1. The SMILES string of the molecule is CC(=O)OC(C(=O)NCc1ccccc1)C(=O)c1ccccc1. The van der Waals surface area contributed by atoms with E-state index >= 15 is 0 Å². The zero-order chi connectivity index (χ0) is 16.7. The predicted molar refractivity (Wildman–Crippen MR) is 84.6 cm³/mol. The zero-order valence-electron chi connectivity index (χ0n) is 12.7. The van der Waals surface area contributed by atoms with Crippen LogP contribution in [0, 0.1) is 0 Å². The van der Waals surface area contributed by atoms with Gasteiger partial charge in [-0.05, 0) is 5.56 Å². The number of Topliss-reactive ketones (excluding diaryl/α,β-unsaturated/α-hetero) is 1. The Kier molecular flexibility index (Phi) is 5.63. The van der Waals surface area contributed by atoms with Gasteiger partial charge in [-0.1, -0.05) is 60.7 Å². The van der Waals surface area contributed by atoms with Crippen LogP contribution in [0.1, 0.15) is 22.8 Å². The van der Waals surface area contributed by atoms with E-state index in [4.69, 9.17) is 4.74 Å². The number of ketones is 1. The molecule has 0 radical (unpaired) electrons. The average molecular weight is 311 g/mol. The van der Waals surface area contributed by atoms with Crippen LogP contribution in [0.5, 0.6) is 0 Å². The molecule has 2 aromatic carbocycles. The van der Waals surface area contributed by atoms with E-state index in [0.717, 1.165) is 12.5 Å². The van der Waals surface area contributed by atoms with Gasteiger partial charge in [0, 0.05) is 19.0 Å². The first-order valence-electron chi connectivity index (χ1n) is 7.16. The molecule has 2 aromatic rings. The van der Waals surface area contributed by atoms with Gasteiger partial charge in [0.1, 0.15) is 0 Å². The predicted octanol–water partition coefficient (Wildman–Crippen LogP) is 2.12. The van der Waals surface area contributed by atoms with Gasteiger partial charge in [-0.2, -0.15) is 0 Å². The maximum atomic E-state index is 12.4. The van der Waals surface area contributed by atoms with Crippen molar-refractivity contribution in [3.8, 4) is 0 Å². The summed E-state index contributed by atoms with van der Waals surface area (Å²) in [6.45, 7) is 1.41. The first-order valence-corrected chi connectivity index (χ1v) is 7.16. The van der Waals surface area contributed by atoms with E-state index in [1.54, 1.807) is 30.3 Å². The third-order valence-electron chi connectivity index (χ3n) is 3.13. The average Bonchev–Trinajstić information content (AvgIpc) is 2.58. The lowest BCUT2D eigenvalue weighted by atomic mass is 10.1. The van der Waals surface area contributed by atoms with E-state index in [2.05, 4.69) is 5.32 Å². The van der Waals surface area contributed by atoms with Crippen LogP contribution in [-0.2, 0) is 20.9 Å². The molecule has 1 amide bonds. The van der Waals surface area contributed by atoms with Crippen LogP contribution >= 0.6 is 0 Å². The van der Waals surface area contributed by atoms with E-state index in [1.807, 2.05) is 30.3 Å². The summed E-state index contributed by atoms with van der Waals surface area (Å²) >= 11 is 0. The van der Waals surface area contributed by atoms with Crippen LogP contribution in [0.15, 0.2) is 60.7 Å². The fourth-order valence-electron chi connectivity index (χ4n) is 2.02. The second kappa shape index (κ2) is 7.89. The minimum Gasteiger partial charge on any atom is -0.444 e. The molecular formula is C18H17NO4. The monoisotopic (exact) mass is 311 g/mol. The highest BCUT2D eigenvalue weighted by atomic mass is 16.5. The smallest absolute Gasteiger partial charge is 0.303 e. The van der Waals surface area contributed by atoms with Crippen LogP contribution in [0.4, 0.5) is 0 Å². The summed E-state index contributed by atoms with van der Waals surface area (Å²) in [5, 5.41) is 2.62. The number of nitrogens with one attached hydrogen (secondary N) is 1. The summed E-state index contributed by atoms with van der Waals surface area (Å²) in [6.07, 6.45) is -1.49. The maximum Gasteiger partial charge on any atom is 0.303 e. The van der Waals surface area contributed by atoms with Gasteiger partial charge in [0.15, 0.2) is 0 Å². The number of ether oxygens (including phenoxy) is 1. The van der Waals surface area contributed by atoms with Crippen molar-refractivity contribution in [3.05, 3.63) is 71.8 Å². The van der Waals surface area contributed by atoms with Crippen molar-refractivity contribution in [3.63, 3.8) is 0 Å². The van der Waals surface area contributed by atoms with Crippen molar-refractivity contribution >= 4 is 17.7 Å². The molecule has 0 spiro atoms. The van der Waals surface area contributed by atoms with Gasteiger partial charge in [0.05, 0.1) is 0 Å². The summed E-state index contributed by atoms with van der Waals surface area (Å²) in [5.74, 6) is -1.88. The van der Waals surface area contributed by atoms with E-state index in [9.17, 15) is 14.4 Å². The Balaban J connectivity index is 2.09. The molecule has 0 bridgehead atoms. The minimum absolute atomic E-state index is 0.250. The van der Waals surface area contributed by atoms with Crippen molar-refractivity contribution in [2.75, 3.05) is 0 Å². The second-order valence-electron chi connectivity index (χ2n) is 4.92. The van der Waals surface area contributed by atoms with Gasteiger partial charge < -0.3 is 10.1 Å². The summed E-state index contributed by atoms with van der Waals surface area (Å²) in [5.41, 5.74) is 1.20. The Morgan fingerprint density at radius 3 is 2.09 bits per heavy atom. The summed E-state index contributed by atoms with van der Waals surface area (Å²) < 4.78 is 4.92. The van der Waals surface area contributed by atoms with Crippen LogP contribution < -0.4 is 5.32 Å². The van der Waals surface area contributed by atoms with Gasteiger partial charge in [-0.25, -0.2) is 0 Å². The normalized spacial score (nSPS) is 11.3. The number of carbonyl (C=O) groups excluding carboxylic acids is 3. The van der Waals surface area contributed by atoms with Gasteiger partial charge in [-0.15, -0.1) is 0 Å². The molecule has 0 aliphatic heterocycles. The van der Waals surface area contributed by atoms with Crippen LogP contribution in [0.25, 0.3) is 0 Å². The Hall–Kier alpha value is -2.95. The van der Waals surface area contributed by atoms with Crippen molar-refractivity contribution in [1.29, 1.82) is 0 Å². The molecule has 1 unspecified atom stereocenters. The summed E-state index contributed by atoms with van der Waals surface area (Å²) in [4.78, 5) is 35.9. The number of amides is 1. The number of hydrogen-bond acceptors (Lipinski definition) is 4. The highest BCUT2D eigenvalue weighted by Crippen LogP contribution is 2.08. The topological polar surface area (TPSA) is 72.5 Å². The summed E-state index contributed by atoms with van der Waals surface area (Å²) in [6, 6.07) is 17.5. The molecule has 0 aliphatic rings. The lowest BCUT2D eigenvalue weighted by molar-refractivity contribution is -0.151.